The molecule has 17 heavy (non-hydrogen) atoms. The van der Waals surface area contributed by atoms with Gasteiger partial charge in [-0.15, -0.1) is 0 Å². The fourth-order valence-electron chi connectivity index (χ4n) is 2.65. The van der Waals surface area contributed by atoms with Crippen LogP contribution in [0, 0.1) is 0 Å². The van der Waals surface area contributed by atoms with Crippen LogP contribution in [0.2, 0.25) is 0 Å². The quantitative estimate of drug-likeness (QED) is 0.784. The number of fused-ring (bicyclic) bond motifs is 1. The molecule has 0 heterocycles. The van der Waals surface area contributed by atoms with Crippen LogP contribution in [0.1, 0.15) is 30.0 Å². The molecule has 0 amide bonds. The van der Waals surface area contributed by atoms with Crippen molar-refractivity contribution in [3.8, 4) is 11.1 Å². The molecule has 0 fully saturated rings. The summed E-state index contributed by atoms with van der Waals surface area (Å²) in [6.07, 6.45) is 3.52. The number of benzene rings is 2. The van der Waals surface area contributed by atoms with Gasteiger partial charge in [0, 0.05) is 6.04 Å². The van der Waals surface area contributed by atoms with E-state index in [1.54, 1.807) is 0 Å². The Balaban J connectivity index is 2.06. The van der Waals surface area contributed by atoms with Crippen molar-refractivity contribution in [2.45, 2.75) is 25.3 Å². The van der Waals surface area contributed by atoms with Crippen LogP contribution < -0.4 is 5.73 Å². The third-order valence-corrected chi connectivity index (χ3v) is 3.61. The van der Waals surface area contributed by atoms with Crippen molar-refractivity contribution in [2.75, 3.05) is 0 Å². The minimum Gasteiger partial charge on any atom is -0.324 e. The lowest BCUT2D eigenvalue weighted by Gasteiger charge is -2.22. The molecule has 1 nitrogen and oxygen atoms in total. The van der Waals surface area contributed by atoms with Crippen LogP contribution in [0.15, 0.2) is 48.5 Å². The Bertz CT molecular complexity index is 516. The molecule has 0 spiro atoms. The standard InChI is InChI=1S/C16H17N/c17-16-8-4-7-13-9-10-14(11-15(13)16)12-5-2-1-3-6-12/h1-3,5-6,9-11,16H,4,7-8,17H2/t16-/m1/s1. The summed E-state index contributed by atoms with van der Waals surface area (Å²) in [5.41, 5.74) is 11.5. The second kappa shape index (κ2) is 4.34. The number of nitrogens with two attached hydrogens (primary N) is 1. The summed E-state index contributed by atoms with van der Waals surface area (Å²) >= 11 is 0. The zero-order valence-corrected chi connectivity index (χ0v) is 9.89. The van der Waals surface area contributed by atoms with Gasteiger partial charge in [-0.3, -0.25) is 0 Å². The Morgan fingerprint density at radius 2 is 1.76 bits per heavy atom. The Morgan fingerprint density at radius 1 is 0.941 bits per heavy atom. The van der Waals surface area contributed by atoms with Gasteiger partial charge in [0.2, 0.25) is 0 Å². The SMILES string of the molecule is N[C@@H]1CCCc2ccc(-c3ccccc3)cc21. The Labute approximate surface area is 102 Å². The van der Waals surface area contributed by atoms with Crippen LogP contribution in [0.25, 0.3) is 11.1 Å². The number of hydrogen-bond acceptors (Lipinski definition) is 1. The maximum atomic E-state index is 6.19. The molecule has 0 saturated carbocycles. The van der Waals surface area contributed by atoms with Crippen LogP contribution >= 0.6 is 0 Å². The van der Waals surface area contributed by atoms with E-state index in [-0.39, 0.29) is 6.04 Å². The van der Waals surface area contributed by atoms with Gasteiger partial charge < -0.3 is 5.73 Å². The molecule has 2 aromatic rings. The van der Waals surface area contributed by atoms with Gasteiger partial charge in [-0.25, -0.2) is 0 Å². The molecule has 86 valence electrons. The predicted octanol–water partition coefficient (Wildman–Crippen LogP) is 3.69. The summed E-state index contributed by atoms with van der Waals surface area (Å²) in [4.78, 5) is 0. The first-order valence-electron chi connectivity index (χ1n) is 6.28. The van der Waals surface area contributed by atoms with Gasteiger partial charge >= 0.3 is 0 Å². The highest BCUT2D eigenvalue weighted by Gasteiger charge is 2.16. The number of hydrogen-bond donors (Lipinski definition) is 1. The largest absolute Gasteiger partial charge is 0.324 e. The third-order valence-electron chi connectivity index (χ3n) is 3.61. The monoisotopic (exact) mass is 223 g/mol. The van der Waals surface area contributed by atoms with Gasteiger partial charge in [0.25, 0.3) is 0 Å². The second-order valence-corrected chi connectivity index (χ2v) is 4.78. The highest BCUT2D eigenvalue weighted by Crippen LogP contribution is 2.31. The van der Waals surface area contributed by atoms with E-state index in [0.29, 0.717) is 0 Å². The first-order chi connectivity index (χ1) is 8.34. The van der Waals surface area contributed by atoms with Crippen molar-refractivity contribution in [3.05, 3.63) is 59.7 Å². The molecule has 1 aliphatic carbocycles. The highest BCUT2D eigenvalue weighted by atomic mass is 14.6. The molecule has 2 N–H and O–H groups in total. The Hall–Kier alpha value is -1.60. The molecule has 0 bridgehead atoms. The van der Waals surface area contributed by atoms with Crippen molar-refractivity contribution < 1.29 is 0 Å². The summed E-state index contributed by atoms with van der Waals surface area (Å²) in [5, 5.41) is 0. The highest BCUT2D eigenvalue weighted by molar-refractivity contribution is 5.65. The summed E-state index contributed by atoms with van der Waals surface area (Å²) in [5.74, 6) is 0. The van der Waals surface area contributed by atoms with Gasteiger partial charge in [-0.2, -0.15) is 0 Å². The van der Waals surface area contributed by atoms with Crippen molar-refractivity contribution in [1.29, 1.82) is 0 Å². The lowest BCUT2D eigenvalue weighted by Crippen LogP contribution is -2.17. The molecule has 1 aliphatic rings. The molecule has 0 aromatic heterocycles. The summed E-state index contributed by atoms with van der Waals surface area (Å²) in [6, 6.07) is 17.5. The average molecular weight is 223 g/mol. The van der Waals surface area contributed by atoms with E-state index < -0.39 is 0 Å². The molecular formula is C16H17N. The zero-order valence-electron chi connectivity index (χ0n) is 9.89. The minimum atomic E-state index is 0.224. The van der Waals surface area contributed by atoms with Crippen LogP contribution in [-0.2, 0) is 6.42 Å². The predicted molar refractivity (Wildman–Crippen MR) is 71.7 cm³/mol. The number of aryl methyl sites for hydroxylation is 1. The summed E-state index contributed by atoms with van der Waals surface area (Å²) in [7, 11) is 0. The van der Waals surface area contributed by atoms with Gasteiger partial charge in [0.15, 0.2) is 0 Å². The molecule has 2 aromatic carbocycles. The maximum absolute atomic E-state index is 6.19. The summed E-state index contributed by atoms with van der Waals surface area (Å²) in [6.45, 7) is 0. The Morgan fingerprint density at radius 3 is 2.59 bits per heavy atom. The molecule has 0 radical (unpaired) electrons. The molecule has 1 heteroatoms. The smallest absolute Gasteiger partial charge is 0.0297 e. The van der Waals surface area contributed by atoms with E-state index in [1.165, 1.54) is 35.1 Å². The minimum absolute atomic E-state index is 0.224. The van der Waals surface area contributed by atoms with Gasteiger partial charge in [-0.1, -0.05) is 42.5 Å². The fraction of sp³-hybridized carbons (Fsp3) is 0.250. The van der Waals surface area contributed by atoms with Crippen molar-refractivity contribution >= 4 is 0 Å². The Kier molecular flexibility index (Phi) is 2.69. The van der Waals surface area contributed by atoms with E-state index in [0.717, 1.165) is 6.42 Å². The lowest BCUT2D eigenvalue weighted by molar-refractivity contribution is 0.571. The van der Waals surface area contributed by atoms with E-state index in [9.17, 15) is 0 Å². The first kappa shape index (κ1) is 10.5. The van der Waals surface area contributed by atoms with Crippen LogP contribution in [0.5, 0.6) is 0 Å². The normalized spacial score (nSPS) is 18.8. The van der Waals surface area contributed by atoms with Crippen molar-refractivity contribution in [3.63, 3.8) is 0 Å². The van der Waals surface area contributed by atoms with E-state index in [2.05, 4.69) is 42.5 Å². The topological polar surface area (TPSA) is 26.0 Å². The first-order valence-corrected chi connectivity index (χ1v) is 6.28. The number of rotatable bonds is 1. The average Bonchev–Trinajstić information content (AvgIpc) is 2.40. The van der Waals surface area contributed by atoms with Crippen molar-refractivity contribution in [1.82, 2.24) is 0 Å². The molecule has 0 saturated heterocycles. The third kappa shape index (κ3) is 1.98. The van der Waals surface area contributed by atoms with Gasteiger partial charge in [-0.05, 0) is 47.6 Å². The van der Waals surface area contributed by atoms with Crippen LogP contribution in [0.4, 0.5) is 0 Å². The fourth-order valence-corrected chi connectivity index (χ4v) is 2.65. The molecular weight excluding hydrogens is 206 g/mol. The van der Waals surface area contributed by atoms with Gasteiger partial charge in [0.1, 0.15) is 0 Å². The molecule has 0 aliphatic heterocycles. The van der Waals surface area contributed by atoms with Gasteiger partial charge in [0.05, 0.1) is 0 Å². The van der Waals surface area contributed by atoms with Crippen LogP contribution in [0.3, 0.4) is 0 Å². The lowest BCUT2D eigenvalue weighted by atomic mass is 9.86. The molecule has 1 atom stereocenters. The maximum Gasteiger partial charge on any atom is 0.0297 e. The second-order valence-electron chi connectivity index (χ2n) is 4.78. The zero-order chi connectivity index (χ0) is 11.7. The van der Waals surface area contributed by atoms with E-state index in [1.807, 2.05) is 6.07 Å². The van der Waals surface area contributed by atoms with E-state index in [4.69, 9.17) is 5.73 Å². The van der Waals surface area contributed by atoms with Crippen LogP contribution in [-0.4, -0.2) is 0 Å². The van der Waals surface area contributed by atoms with E-state index >= 15 is 0 Å². The summed E-state index contributed by atoms with van der Waals surface area (Å²) < 4.78 is 0. The molecule has 3 rings (SSSR count). The van der Waals surface area contributed by atoms with Crippen molar-refractivity contribution in [2.24, 2.45) is 5.73 Å². The molecule has 0 unspecified atom stereocenters.